The zero-order chi connectivity index (χ0) is 25.5. The number of rotatable bonds is 8. The van der Waals surface area contributed by atoms with Crippen LogP contribution in [0.25, 0.3) is 0 Å². The highest BCUT2D eigenvalue weighted by atomic mass is 16.4. The molecule has 0 aliphatic heterocycles. The summed E-state index contributed by atoms with van der Waals surface area (Å²) >= 11 is 0. The smallest absolute Gasteiger partial charge is 0.330 e. The first-order chi connectivity index (χ1) is 15.8. The van der Waals surface area contributed by atoms with Crippen molar-refractivity contribution < 1.29 is 19.8 Å². The third-order valence-electron chi connectivity index (χ3n) is 10.1. The van der Waals surface area contributed by atoms with E-state index in [0.717, 1.165) is 44.9 Å². The van der Waals surface area contributed by atoms with E-state index in [2.05, 4.69) is 47.3 Å². The Morgan fingerprint density at radius 1 is 1.12 bits per heavy atom. The van der Waals surface area contributed by atoms with E-state index in [-0.39, 0.29) is 22.7 Å². The number of carboxylic acid groups (broad SMARTS) is 2. The second-order valence-corrected chi connectivity index (χ2v) is 11.9. The van der Waals surface area contributed by atoms with Gasteiger partial charge in [0.1, 0.15) is 0 Å². The number of hydrogen-bond acceptors (Lipinski definition) is 2. The number of aliphatic carboxylic acids is 2. The standard InChI is InChI=1S/C30H44O4/c1-19(2)22-11-12-25-24(28(22,5)16-15-26(31)32)14-18-29(6)23(13-17-30(25,29)7)20(3)9-8-10-21(4)27(33)34/h10,14,22,25H,1,8-9,11-13,15-18H2,2-7H3,(H,31,32)(H,33,34)/b21-10-,23-20-/t22-,25+,28-,29+,30-/m0/s1. The van der Waals surface area contributed by atoms with Crippen molar-refractivity contribution >= 4 is 11.9 Å². The molecular formula is C30H44O4. The molecule has 0 radical (unpaired) electrons. The molecule has 2 N–H and O–H groups in total. The van der Waals surface area contributed by atoms with Crippen LogP contribution in [0.4, 0.5) is 0 Å². The summed E-state index contributed by atoms with van der Waals surface area (Å²) in [5.74, 6) is -0.748. The Kier molecular flexibility index (Phi) is 7.41. The van der Waals surface area contributed by atoms with Crippen LogP contribution >= 0.6 is 0 Å². The molecular weight excluding hydrogens is 424 g/mol. The molecule has 0 aromatic rings. The van der Waals surface area contributed by atoms with E-state index in [1.165, 1.54) is 16.7 Å². The summed E-state index contributed by atoms with van der Waals surface area (Å²) in [6.45, 7) is 17.5. The summed E-state index contributed by atoms with van der Waals surface area (Å²) in [4.78, 5) is 22.6. The van der Waals surface area contributed by atoms with E-state index >= 15 is 0 Å². The largest absolute Gasteiger partial charge is 0.481 e. The quantitative estimate of drug-likeness (QED) is 0.282. The summed E-state index contributed by atoms with van der Waals surface area (Å²) in [6.07, 6.45) is 12.4. The summed E-state index contributed by atoms with van der Waals surface area (Å²) in [6, 6.07) is 0. The molecule has 4 nitrogen and oxygen atoms in total. The van der Waals surface area contributed by atoms with E-state index in [1.807, 2.05) is 6.08 Å². The fourth-order valence-corrected chi connectivity index (χ4v) is 7.86. The third kappa shape index (κ3) is 4.33. The molecule has 5 atom stereocenters. The van der Waals surface area contributed by atoms with Crippen LogP contribution in [0.15, 0.2) is 46.6 Å². The lowest BCUT2D eigenvalue weighted by Crippen LogP contribution is -2.50. The van der Waals surface area contributed by atoms with Crippen LogP contribution in [-0.4, -0.2) is 22.2 Å². The molecule has 3 aliphatic carbocycles. The minimum Gasteiger partial charge on any atom is -0.481 e. The lowest BCUT2D eigenvalue weighted by Gasteiger charge is -2.59. The molecule has 2 fully saturated rings. The van der Waals surface area contributed by atoms with Gasteiger partial charge in [0.15, 0.2) is 0 Å². The Bertz CT molecular complexity index is 966. The van der Waals surface area contributed by atoms with Crippen LogP contribution in [0, 0.1) is 28.1 Å². The van der Waals surface area contributed by atoms with E-state index in [4.69, 9.17) is 5.11 Å². The van der Waals surface area contributed by atoms with Crippen LogP contribution in [-0.2, 0) is 9.59 Å². The molecule has 0 heterocycles. The minimum absolute atomic E-state index is 0.0978. The fourth-order valence-electron chi connectivity index (χ4n) is 7.86. The predicted molar refractivity (Wildman–Crippen MR) is 137 cm³/mol. The lowest BCUT2D eigenvalue weighted by molar-refractivity contribution is -0.138. The van der Waals surface area contributed by atoms with Crippen LogP contribution in [0.2, 0.25) is 0 Å². The van der Waals surface area contributed by atoms with Gasteiger partial charge in [0.25, 0.3) is 0 Å². The van der Waals surface area contributed by atoms with Crippen LogP contribution in [0.3, 0.4) is 0 Å². The maximum absolute atomic E-state index is 11.5. The van der Waals surface area contributed by atoms with E-state index in [9.17, 15) is 14.7 Å². The van der Waals surface area contributed by atoms with Crippen molar-refractivity contribution in [3.63, 3.8) is 0 Å². The molecule has 3 rings (SSSR count). The summed E-state index contributed by atoms with van der Waals surface area (Å²) in [5, 5.41) is 18.6. The van der Waals surface area contributed by atoms with Gasteiger partial charge in [0.2, 0.25) is 0 Å². The van der Waals surface area contributed by atoms with Gasteiger partial charge < -0.3 is 10.2 Å². The van der Waals surface area contributed by atoms with Gasteiger partial charge in [0, 0.05) is 12.0 Å². The van der Waals surface area contributed by atoms with Gasteiger partial charge in [-0.1, -0.05) is 61.8 Å². The second kappa shape index (κ2) is 9.51. The van der Waals surface area contributed by atoms with Crippen molar-refractivity contribution in [3.8, 4) is 0 Å². The molecule has 0 aromatic carbocycles. The van der Waals surface area contributed by atoms with Gasteiger partial charge in [-0.25, -0.2) is 4.79 Å². The Morgan fingerprint density at radius 2 is 1.79 bits per heavy atom. The normalized spacial score (nSPS) is 36.9. The third-order valence-corrected chi connectivity index (χ3v) is 10.1. The van der Waals surface area contributed by atoms with E-state index in [1.54, 1.807) is 12.5 Å². The number of hydrogen-bond donors (Lipinski definition) is 2. The minimum atomic E-state index is -0.841. The van der Waals surface area contributed by atoms with Crippen molar-refractivity contribution in [2.45, 2.75) is 99.3 Å². The highest BCUT2D eigenvalue weighted by Crippen LogP contribution is 2.70. The lowest BCUT2D eigenvalue weighted by atomic mass is 9.45. The fraction of sp³-hybridized carbons (Fsp3) is 0.667. The molecule has 0 spiro atoms. The van der Waals surface area contributed by atoms with E-state index < -0.39 is 11.9 Å². The Balaban J connectivity index is 1.96. The highest BCUT2D eigenvalue weighted by Gasteiger charge is 2.61. The van der Waals surface area contributed by atoms with Crippen LogP contribution in [0.5, 0.6) is 0 Å². The van der Waals surface area contributed by atoms with Gasteiger partial charge >= 0.3 is 11.9 Å². The highest BCUT2D eigenvalue weighted by molar-refractivity contribution is 5.85. The first-order valence-corrected chi connectivity index (χ1v) is 12.9. The molecule has 2 saturated carbocycles. The number of fused-ring (bicyclic) bond motifs is 3. The molecule has 0 unspecified atom stereocenters. The summed E-state index contributed by atoms with van der Waals surface area (Å²) < 4.78 is 0. The zero-order valence-corrected chi connectivity index (χ0v) is 22.1. The van der Waals surface area contributed by atoms with Gasteiger partial charge in [0.05, 0.1) is 0 Å². The second-order valence-electron chi connectivity index (χ2n) is 11.9. The van der Waals surface area contributed by atoms with Gasteiger partial charge in [-0.2, -0.15) is 0 Å². The van der Waals surface area contributed by atoms with Gasteiger partial charge in [-0.05, 0) is 100 Å². The first kappa shape index (κ1) is 26.5. The summed E-state index contributed by atoms with van der Waals surface area (Å²) in [5.41, 5.74) is 6.19. The van der Waals surface area contributed by atoms with Crippen molar-refractivity contribution in [1.29, 1.82) is 0 Å². The monoisotopic (exact) mass is 468 g/mol. The zero-order valence-electron chi connectivity index (χ0n) is 22.1. The molecule has 0 aromatic heterocycles. The van der Waals surface area contributed by atoms with Crippen molar-refractivity contribution in [3.05, 3.63) is 46.6 Å². The molecule has 34 heavy (non-hydrogen) atoms. The topological polar surface area (TPSA) is 74.6 Å². The number of carbonyl (C=O) groups is 2. The molecule has 3 aliphatic rings. The molecule has 188 valence electrons. The Labute approximate surface area is 205 Å². The SMILES string of the molecule is C=C(C)[C@@H]1CC[C@@H]2C(=CC[C@]3(C)/C(=C(/C)CC/C=C(/C)C(=O)O)CC[C@@]23C)[C@@]1(C)CCC(=O)O. The average Bonchev–Trinajstić information content (AvgIpc) is 3.03. The number of allylic oxidation sites excluding steroid dienone is 6. The Hall–Kier alpha value is -2.10. The van der Waals surface area contributed by atoms with Crippen LogP contribution in [0.1, 0.15) is 99.3 Å². The summed E-state index contributed by atoms with van der Waals surface area (Å²) in [7, 11) is 0. The van der Waals surface area contributed by atoms with Crippen molar-refractivity contribution in [2.75, 3.05) is 0 Å². The van der Waals surface area contributed by atoms with Gasteiger partial charge in [-0.15, -0.1) is 0 Å². The van der Waals surface area contributed by atoms with Crippen LogP contribution < -0.4 is 0 Å². The predicted octanol–water partition coefficient (Wildman–Crippen LogP) is 7.72. The maximum Gasteiger partial charge on any atom is 0.330 e. The molecule has 0 saturated heterocycles. The van der Waals surface area contributed by atoms with Crippen molar-refractivity contribution in [1.82, 2.24) is 0 Å². The maximum atomic E-state index is 11.5. The molecule has 0 bridgehead atoms. The van der Waals surface area contributed by atoms with E-state index in [0.29, 0.717) is 23.8 Å². The molecule has 4 heteroatoms. The van der Waals surface area contributed by atoms with Gasteiger partial charge in [-0.3, -0.25) is 4.79 Å². The Morgan fingerprint density at radius 3 is 2.38 bits per heavy atom. The first-order valence-electron chi connectivity index (χ1n) is 12.9. The average molecular weight is 469 g/mol. The number of carboxylic acids is 2. The van der Waals surface area contributed by atoms with Crippen molar-refractivity contribution in [2.24, 2.45) is 28.1 Å². The molecule has 0 amide bonds.